The van der Waals surface area contributed by atoms with E-state index in [2.05, 4.69) is 15.4 Å². The zero-order valence-electron chi connectivity index (χ0n) is 17.9. The first kappa shape index (κ1) is 20.6. The van der Waals surface area contributed by atoms with Crippen molar-refractivity contribution in [2.45, 2.75) is 18.9 Å². The molecule has 6 nitrogen and oxygen atoms in total. The number of nitrogens with zero attached hydrogens (tertiary/aromatic N) is 3. The van der Waals surface area contributed by atoms with E-state index in [1.807, 2.05) is 48.5 Å². The highest BCUT2D eigenvalue weighted by molar-refractivity contribution is 7.20. The summed E-state index contributed by atoms with van der Waals surface area (Å²) in [5.41, 5.74) is 3.11. The average Bonchev–Trinajstić information content (AvgIpc) is 3.47. The lowest BCUT2D eigenvalue weighted by Crippen LogP contribution is -2.24. The van der Waals surface area contributed by atoms with E-state index in [4.69, 9.17) is 4.74 Å². The van der Waals surface area contributed by atoms with Crippen LogP contribution in [0.5, 0.6) is 5.75 Å². The van der Waals surface area contributed by atoms with Crippen LogP contribution in [0.15, 0.2) is 79.0 Å². The van der Waals surface area contributed by atoms with Gasteiger partial charge in [0.15, 0.2) is 0 Å². The first-order chi connectivity index (χ1) is 16.7. The van der Waals surface area contributed by atoms with Crippen molar-refractivity contribution in [1.82, 2.24) is 14.8 Å². The summed E-state index contributed by atoms with van der Waals surface area (Å²) in [6.07, 6.45) is 2.04. The highest BCUT2D eigenvalue weighted by atomic mass is 32.1. The molecule has 5 aromatic rings. The van der Waals surface area contributed by atoms with Gasteiger partial charge in [0.05, 0.1) is 16.4 Å². The molecule has 0 saturated carbocycles. The fourth-order valence-electron chi connectivity index (χ4n) is 4.26. The summed E-state index contributed by atoms with van der Waals surface area (Å²) in [5.74, 6) is 0.567. The molecule has 1 aliphatic heterocycles. The van der Waals surface area contributed by atoms with Crippen molar-refractivity contribution in [3.05, 3.63) is 102 Å². The van der Waals surface area contributed by atoms with Gasteiger partial charge in [-0.3, -0.25) is 4.79 Å². The van der Waals surface area contributed by atoms with Gasteiger partial charge in [-0.15, -0.1) is 0 Å². The number of fused-ring (bicyclic) bond motifs is 2. The number of carbonyl (C=O) groups excluding carboxylic acids is 1. The standard InChI is InChI=1S/C26H19FN4O2S/c27-20-9-3-1-7-16(20)15-33-22-11-5-2-8-17(22)18-13-24(32)30-25-19(18)14-28-31(25)26-29-21-10-4-6-12-23(21)34-26/h1-12,14,18H,13,15H2,(H,30,32). The monoisotopic (exact) mass is 470 g/mol. The smallest absolute Gasteiger partial charge is 0.226 e. The lowest BCUT2D eigenvalue weighted by atomic mass is 9.87. The number of anilines is 1. The molecule has 0 aliphatic carbocycles. The maximum Gasteiger partial charge on any atom is 0.226 e. The van der Waals surface area contributed by atoms with Crippen LogP contribution in [0.1, 0.15) is 29.0 Å². The Labute approximate surface area is 198 Å². The average molecular weight is 471 g/mol. The Morgan fingerprint density at radius 1 is 1.03 bits per heavy atom. The minimum atomic E-state index is -0.309. The molecule has 6 rings (SSSR count). The van der Waals surface area contributed by atoms with Gasteiger partial charge in [-0.25, -0.2) is 9.37 Å². The molecule has 0 bridgehead atoms. The zero-order chi connectivity index (χ0) is 23.1. The predicted molar refractivity (Wildman–Crippen MR) is 129 cm³/mol. The molecular formula is C26H19FN4O2S. The molecule has 34 heavy (non-hydrogen) atoms. The Balaban J connectivity index is 1.37. The van der Waals surface area contributed by atoms with Crippen LogP contribution in [-0.2, 0) is 11.4 Å². The number of benzene rings is 3. The minimum absolute atomic E-state index is 0.0976. The van der Waals surface area contributed by atoms with Gasteiger partial charge in [0.25, 0.3) is 0 Å². The second-order valence-corrected chi connectivity index (χ2v) is 9.06. The van der Waals surface area contributed by atoms with Crippen molar-refractivity contribution < 1.29 is 13.9 Å². The first-order valence-electron chi connectivity index (χ1n) is 10.9. The lowest BCUT2D eigenvalue weighted by molar-refractivity contribution is -0.116. The molecule has 168 valence electrons. The van der Waals surface area contributed by atoms with Gasteiger partial charge in [-0.2, -0.15) is 9.78 Å². The predicted octanol–water partition coefficient (Wildman–Crippen LogP) is 5.67. The summed E-state index contributed by atoms with van der Waals surface area (Å²) in [6.45, 7) is 0.0976. The van der Waals surface area contributed by atoms with Crippen LogP contribution in [0.2, 0.25) is 0 Å². The molecule has 0 spiro atoms. The van der Waals surface area contributed by atoms with Gasteiger partial charge >= 0.3 is 0 Å². The van der Waals surface area contributed by atoms with Gasteiger partial charge in [-0.05, 0) is 24.3 Å². The normalized spacial score (nSPS) is 15.2. The van der Waals surface area contributed by atoms with Gasteiger partial charge < -0.3 is 10.1 Å². The number of para-hydroxylation sites is 2. The van der Waals surface area contributed by atoms with E-state index >= 15 is 0 Å². The van der Waals surface area contributed by atoms with Crippen molar-refractivity contribution in [2.24, 2.45) is 0 Å². The highest BCUT2D eigenvalue weighted by Crippen LogP contribution is 2.42. The number of thiazole rings is 1. The molecule has 2 aromatic heterocycles. The lowest BCUT2D eigenvalue weighted by Gasteiger charge is -2.25. The maximum atomic E-state index is 14.1. The Morgan fingerprint density at radius 3 is 2.71 bits per heavy atom. The SMILES string of the molecule is O=C1CC(c2ccccc2OCc2ccccc2F)c2cnn(-c3nc4ccccc4s3)c2N1. The summed E-state index contributed by atoms with van der Waals surface area (Å²) in [7, 11) is 0. The van der Waals surface area contributed by atoms with Gasteiger partial charge in [-0.1, -0.05) is 59.9 Å². The van der Waals surface area contributed by atoms with Crippen LogP contribution in [0.3, 0.4) is 0 Å². The number of amides is 1. The molecule has 8 heteroatoms. The van der Waals surface area contributed by atoms with Gasteiger partial charge in [0.1, 0.15) is 24.0 Å². The van der Waals surface area contributed by atoms with Gasteiger partial charge in [0.2, 0.25) is 11.0 Å². The van der Waals surface area contributed by atoms with E-state index in [1.54, 1.807) is 29.1 Å². The van der Waals surface area contributed by atoms with E-state index in [0.717, 1.165) is 21.3 Å². The van der Waals surface area contributed by atoms with Crippen molar-refractivity contribution in [2.75, 3.05) is 5.32 Å². The molecule has 3 heterocycles. The second-order valence-electron chi connectivity index (χ2n) is 8.05. The van der Waals surface area contributed by atoms with Crippen molar-refractivity contribution in [3.63, 3.8) is 0 Å². The Morgan fingerprint density at radius 2 is 1.82 bits per heavy atom. The minimum Gasteiger partial charge on any atom is -0.488 e. The van der Waals surface area contributed by atoms with E-state index in [9.17, 15) is 9.18 Å². The number of ether oxygens (including phenoxy) is 1. The quantitative estimate of drug-likeness (QED) is 0.359. The topological polar surface area (TPSA) is 69.0 Å². The summed E-state index contributed by atoms with van der Waals surface area (Å²) in [5, 5.41) is 8.23. The van der Waals surface area contributed by atoms with Crippen molar-refractivity contribution >= 4 is 33.3 Å². The van der Waals surface area contributed by atoms with Crippen LogP contribution in [0.25, 0.3) is 15.3 Å². The molecule has 0 radical (unpaired) electrons. The molecule has 1 amide bonds. The largest absolute Gasteiger partial charge is 0.488 e. The van der Waals surface area contributed by atoms with Crippen molar-refractivity contribution in [3.8, 4) is 10.9 Å². The molecule has 1 unspecified atom stereocenters. The molecule has 1 aliphatic rings. The van der Waals surface area contributed by atoms with E-state index in [1.165, 1.54) is 17.4 Å². The number of rotatable bonds is 5. The summed E-state index contributed by atoms with van der Waals surface area (Å²) >= 11 is 1.51. The van der Waals surface area contributed by atoms with E-state index in [0.29, 0.717) is 22.3 Å². The van der Waals surface area contributed by atoms with E-state index in [-0.39, 0.29) is 30.7 Å². The fraction of sp³-hybridized carbons (Fsp3) is 0.115. The second kappa shape index (κ2) is 8.39. The molecule has 0 fully saturated rings. The Hall–Kier alpha value is -4.04. The molecular weight excluding hydrogens is 451 g/mol. The number of hydrogen-bond donors (Lipinski definition) is 1. The molecule has 1 atom stereocenters. The van der Waals surface area contributed by atoms with Crippen LogP contribution >= 0.6 is 11.3 Å². The summed E-state index contributed by atoms with van der Waals surface area (Å²) < 4.78 is 22.9. The zero-order valence-corrected chi connectivity index (χ0v) is 18.8. The fourth-order valence-corrected chi connectivity index (χ4v) is 5.19. The number of carbonyl (C=O) groups is 1. The first-order valence-corrected chi connectivity index (χ1v) is 11.7. The van der Waals surface area contributed by atoms with Gasteiger partial charge in [0, 0.05) is 29.0 Å². The third kappa shape index (κ3) is 3.62. The summed E-state index contributed by atoms with van der Waals surface area (Å²) in [4.78, 5) is 17.4. The van der Waals surface area contributed by atoms with Crippen LogP contribution in [0, 0.1) is 5.82 Å². The Kier molecular flexibility index (Phi) is 5.07. The third-order valence-electron chi connectivity index (χ3n) is 5.92. The number of hydrogen-bond acceptors (Lipinski definition) is 5. The maximum absolute atomic E-state index is 14.1. The highest BCUT2D eigenvalue weighted by Gasteiger charge is 2.32. The van der Waals surface area contributed by atoms with Crippen LogP contribution < -0.4 is 10.1 Å². The number of halogens is 1. The summed E-state index contributed by atoms with van der Waals surface area (Å²) in [6, 6.07) is 22.0. The van der Waals surface area contributed by atoms with Crippen LogP contribution in [0.4, 0.5) is 10.2 Å². The third-order valence-corrected chi connectivity index (χ3v) is 6.93. The molecule has 1 N–H and O–H groups in total. The Bertz CT molecular complexity index is 1490. The molecule has 3 aromatic carbocycles. The number of aromatic nitrogens is 3. The van der Waals surface area contributed by atoms with Crippen LogP contribution in [-0.4, -0.2) is 20.7 Å². The van der Waals surface area contributed by atoms with E-state index < -0.39 is 0 Å². The van der Waals surface area contributed by atoms with Crippen molar-refractivity contribution in [1.29, 1.82) is 0 Å². The molecule has 0 saturated heterocycles. The number of nitrogens with one attached hydrogen (secondary N) is 1.